The highest BCUT2D eigenvalue weighted by Crippen LogP contribution is 2.67. The van der Waals surface area contributed by atoms with Crippen LogP contribution in [0.25, 0.3) is 0 Å². The third kappa shape index (κ3) is 6.27. The van der Waals surface area contributed by atoms with Crippen LogP contribution in [0.15, 0.2) is 11.1 Å². The van der Waals surface area contributed by atoms with E-state index in [2.05, 4.69) is 38.9 Å². The predicted molar refractivity (Wildman–Crippen MR) is 150 cm³/mol. The molecule has 0 radical (unpaired) electrons. The Morgan fingerprint density at radius 3 is 1.62 bits per heavy atom. The van der Waals surface area contributed by atoms with E-state index in [1.54, 1.807) is 5.57 Å². The normalized spacial score (nSPS) is 30.5. The zero-order chi connectivity index (χ0) is 24.6. The largest absolute Gasteiger partial charge is 0.286 e. The van der Waals surface area contributed by atoms with Crippen molar-refractivity contribution in [2.24, 2.45) is 16.7 Å². The average molecular weight is 490 g/mol. The van der Waals surface area contributed by atoms with E-state index in [-0.39, 0.29) is 16.7 Å². The number of carbonyl (C=O) groups excluding carboxylic acids is 1. The van der Waals surface area contributed by atoms with Gasteiger partial charge in [-0.3, -0.25) is 9.10 Å². The van der Waals surface area contributed by atoms with Gasteiger partial charge in [0.05, 0.1) is 5.92 Å². The minimum atomic E-state index is 0.0972. The van der Waals surface area contributed by atoms with Gasteiger partial charge in [0.15, 0.2) is 0 Å². The topological polar surface area (TPSA) is 20.3 Å². The van der Waals surface area contributed by atoms with Crippen molar-refractivity contribution >= 4 is 17.9 Å². The third-order valence-corrected chi connectivity index (χ3v) is 11.7. The molecule has 2 bridgehead atoms. The maximum atomic E-state index is 13.4. The van der Waals surface area contributed by atoms with Gasteiger partial charge in [-0.25, -0.2) is 0 Å². The van der Waals surface area contributed by atoms with E-state index >= 15 is 0 Å². The van der Waals surface area contributed by atoms with E-state index < -0.39 is 0 Å². The molecule has 0 aromatic rings. The molecule has 1 amide bonds. The monoisotopic (exact) mass is 489 g/mol. The number of fused-ring (bicyclic) bond motifs is 1. The van der Waals surface area contributed by atoms with Crippen LogP contribution in [0.3, 0.4) is 0 Å². The van der Waals surface area contributed by atoms with Crippen molar-refractivity contribution in [1.29, 1.82) is 0 Å². The van der Waals surface area contributed by atoms with Crippen molar-refractivity contribution in [1.82, 2.24) is 4.31 Å². The van der Waals surface area contributed by atoms with Crippen molar-refractivity contribution in [3.05, 3.63) is 11.1 Å². The average Bonchev–Trinajstić information content (AvgIpc) is 3.17. The first-order chi connectivity index (χ1) is 16.4. The Kier molecular flexibility index (Phi) is 10.9. The van der Waals surface area contributed by atoms with Crippen LogP contribution in [0, 0.1) is 16.7 Å². The van der Waals surface area contributed by atoms with E-state index in [4.69, 9.17) is 0 Å². The molecule has 3 heteroatoms. The Morgan fingerprint density at radius 1 is 0.706 bits per heavy atom. The Bertz CT molecular complexity index is 687. The lowest BCUT2D eigenvalue weighted by Gasteiger charge is -2.57. The fourth-order valence-corrected chi connectivity index (χ4v) is 8.88. The maximum Gasteiger partial charge on any atom is 0.237 e. The Labute approximate surface area is 216 Å². The first-order valence-corrected chi connectivity index (χ1v) is 15.9. The Hall–Kier alpha value is -0.440. The summed E-state index contributed by atoms with van der Waals surface area (Å²) in [5, 5.41) is 0.462. The summed E-state index contributed by atoms with van der Waals surface area (Å²) >= 11 is 1.91. The minimum absolute atomic E-state index is 0.0972. The molecule has 34 heavy (non-hydrogen) atoms. The summed E-state index contributed by atoms with van der Waals surface area (Å²) in [5.41, 5.74) is 3.41. The van der Waals surface area contributed by atoms with Gasteiger partial charge in [-0.1, -0.05) is 128 Å². The van der Waals surface area contributed by atoms with E-state index in [1.807, 2.05) is 11.9 Å². The standard InChI is InChI=1S/C31H55NOS/c1-6-7-8-9-10-11-12-13-14-15-16-17-18-19-20-21-24-32-29(33)27-28(34-32)31(5)23-22-30(27,4)25(2)26(31)3/h27-28H,6-24H2,1-5H3. The summed E-state index contributed by atoms with van der Waals surface area (Å²) in [4.78, 5) is 13.4. The first-order valence-electron chi connectivity index (χ1n) is 15.0. The van der Waals surface area contributed by atoms with Crippen LogP contribution in [-0.2, 0) is 4.79 Å². The van der Waals surface area contributed by atoms with E-state index in [0.29, 0.717) is 11.2 Å². The molecular formula is C31H55NOS. The minimum Gasteiger partial charge on any atom is -0.286 e. The molecule has 0 aromatic carbocycles. The maximum absolute atomic E-state index is 13.4. The lowest BCUT2D eigenvalue weighted by atomic mass is 9.48. The van der Waals surface area contributed by atoms with Crippen LogP contribution < -0.4 is 0 Å². The van der Waals surface area contributed by atoms with Gasteiger partial charge < -0.3 is 0 Å². The summed E-state index contributed by atoms with van der Waals surface area (Å²) in [6.45, 7) is 12.7. The molecule has 1 saturated carbocycles. The fraction of sp³-hybridized carbons (Fsp3) is 0.903. The first kappa shape index (κ1) is 28.1. The van der Waals surface area contributed by atoms with Crippen LogP contribution >= 0.6 is 11.9 Å². The Balaban J connectivity index is 1.21. The molecular weight excluding hydrogens is 434 g/mol. The highest BCUT2D eigenvalue weighted by Gasteiger charge is 2.64. The summed E-state index contributed by atoms with van der Waals surface area (Å²) in [7, 11) is 0. The van der Waals surface area contributed by atoms with Crippen LogP contribution in [0.2, 0.25) is 0 Å². The van der Waals surface area contributed by atoms with Crippen LogP contribution in [0.5, 0.6) is 0 Å². The van der Waals surface area contributed by atoms with Gasteiger partial charge in [0, 0.05) is 22.6 Å². The SMILES string of the molecule is CCCCCCCCCCCCCCCCCCN1SC2C(C1=O)C1(C)CCC2(C)C(C)=C1C. The summed E-state index contributed by atoms with van der Waals surface area (Å²) in [6.07, 6.45) is 24.8. The van der Waals surface area contributed by atoms with E-state index in [9.17, 15) is 4.79 Å². The van der Waals surface area contributed by atoms with E-state index in [1.165, 1.54) is 121 Å². The molecule has 1 saturated heterocycles. The number of allylic oxidation sites excluding steroid dienone is 2. The van der Waals surface area contributed by atoms with Crippen LogP contribution in [0.4, 0.5) is 0 Å². The molecule has 4 atom stereocenters. The third-order valence-electron chi connectivity index (χ3n) is 10.0. The number of carbonyl (C=O) groups is 1. The fourth-order valence-electron chi connectivity index (χ4n) is 7.09. The van der Waals surface area contributed by atoms with Crippen molar-refractivity contribution in [2.75, 3.05) is 6.54 Å². The molecule has 196 valence electrons. The molecule has 4 rings (SSSR count). The molecule has 0 aromatic heterocycles. The summed E-state index contributed by atoms with van der Waals surface area (Å²) in [6, 6.07) is 0. The zero-order valence-electron chi connectivity index (χ0n) is 23.4. The summed E-state index contributed by atoms with van der Waals surface area (Å²) in [5.74, 6) is 0.650. The van der Waals surface area contributed by atoms with Crippen molar-refractivity contribution in [3.63, 3.8) is 0 Å². The highest BCUT2D eigenvalue weighted by molar-refractivity contribution is 7.98. The number of unbranched alkanes of at least 4 members (excludes halogenated alkanes) is 15. The Morgan fingerprint density at radius 2 is 1.12 bits per heavy atom. The van der Waals surface area contributed by atoms with Gasteiger partial charge in [-0.15, -0.1) is 0 Å². The molecule has 0 N–H and O–H groups in total. The molecule has 0 spiro atoms. The van der Waals surface area contributed by atoms with Gasteiger partial charge in [0.2, 0.25) is 5.91 Å². The van der Waals surface area contributed by atoms with Crippen molar-refractivity contribution < 1.29 is 4.79 Å². The second kappa shape index (κ2) is 13.2. The van der Waals surface area contributed by atoms with Crippen LogP contribution in [0.1, 0.15) is 150 Å². The number of hydrogen-bond donors (Lipinski definition) is 0. The summed E-state index contributed by atoms with van der Waals surface area (Å²) < 4.78 is 2.17. The number of nitrogens with zero attached hydrogens (tertiary/aromatic N) is 1. The van der Waals surface area contributed by atoms with Gasteiger partial charge in [0.25, 0.3) is 0 Å². The number of hydrogen-bond acceptors (Lipinski definition) is 2. The molecule has 4 aliphatic rings. The second-order valence-corrected chi connectivity index (χ2v) is 13.5. The second-order valence-electron chi connectivity index (χ2n) is 12.3. The molecule has 2 fully saturated rings. The smallest absolute Gasteiger partial charge is 0.237 e. The van der Waals surface area contributed by atoms with Gasteiger partial charge >= 0.3 is 0 Å². The van der Waals surface area contributed by atoms with Gasteiger partial charge in [0.1, 0.15) is 0 Å². The van der Waals surface area contributed by atoms with E-state index in [0.717, 1.165) is 6.54 Å². The lowest BCUT2D eigenvalue weighted by Crippen LogP contribution is -2.55. The van der Waals surface area contributed by atoms with Crippen molar-refractivity contribution in [3.8, 4) is 0 Å². The van der Waals surface area contributed by atoms with Crippen molar-refractivity contribution in [2.45, 2.75) is 155 Å². The number of amides is 1. The molecule has 3 aliphatic carbocycles. The number of rotatable bonds is 17. The van der Waals surface area contributed by atoms with Crippen LogP contribution in [-0.4, -0.2) is 22.0 Å². The molecule has 4 unspecified atom stereocenters. The quantitative estimate of drug-likeness (QED) is 0.115. The van der Waals surface area contributed by atoms with Gasteiger partial charge in [-0.05, 0) is 45.1 Å². The molecule has 2 nitrogen and oxygen atoms in total. The predicted octanol–water partition coefficient (Wildman–Crippen LogP) is 9.88. The van der Waals surface area contributed by atoms with Gasteiger partial charge in [-0.2, -0.15) is 0 Å². The lowest BCUT2D eigenvalue weighted by molar-refractivity contribution is -0.135. The zero-order valence-corrected chi connectivity index (χ0v) is 24.2. The molecule has 1 aliphatic heterocycles. The highest BCUT2D eigenvalue weighted by atomic mass is 32.2. The molecule has 1 heterocycles.